The van der Waals surface area contributed by atoms with Gasteiger partial charge in [-0.15, -0.1) is 0 Å². The summed E-state index contributed by atoms with van der Waals surface area (Å²) in [6.07, 6.45) is -0.0349. The zero-order valence-corrected chi connectivity index (χ0v) is 15.0. The summed E-state index contributed by atoms with van der Waals surface area (Å²) >= 11 is 0. The van der Waals surface area contributed by atoms with E-state index in [1.807, 2.05) is 50.2 Å². The van der Waals surface area contributed by atoms with E-state index in [2.05, 4.69) is 5.32 Å². The number of rotatable bonds is 9. The van der Waals surface area contributed by atoms with Gasteiger partial charge in [0.05, 0.1) is 13.7 Å². The molecule has 5 heteroatoms. The fourth-order valence-corrected chi connectivity index (χ4v) is 2.43. The van der Waals surface area contributed by atoms with Crippen LogP contribution in [0.4, 0.5) is 0 Å². The van der Waals surface area contributed by atoms with Crippen molar-refractivity contribution < 1.29 is 19.0 Å². The molecule has 134 valence electrons. The predicted octanol–water partition coefficient (Wildman–Crippen LogP) is 3.57. The fourth-order valence-electron chi connectivity index (χ4n) is 2.43. The summed E-state index contributed by atoms with van der Waals surface area (Å²) in [5.74, 6) is 1.78. The van der Waals surface area contributed by atoms with Crippen LogP contribution in [0.2, 0.25) is 0 Å². The molecule has 2 aromatic rings. The zero-order chi connectivity index (χ0) is 18.1. The Morgan fingerprint density at radius 1 is 1.00 bits per heavy atom. The highest BCUT2D eigenvalue weighted by Crippen LogP contribution is 2.27. The smallest absolute Gasteiger partial charge is 0.261 e. The average molecular weight is 343 g/mol. The van der Waals surface area contributed by atoms with Gasteiger partial charge in [-0.2, -0.15) is 0 Å². The number of hydrogen-bond donors (Lipinski definition) is 1. The number of carbonyl (C=O) groups excluding carboxylic acids is 1. The van der Waals surface area contributed by atoms with E-state index in [1.165, 1.54) is 0 Å². The van der Waals surface area contributed by atoms with Gasteiger partial charge >= 0.3 is 0 Å². The minimum absolute atomic E-state index is 0.167. The monoisotopic (exact) mass is 343 g/mol. The van der Waals surface area contributed by atoms with E-state index in [9.17, 15) is 4.79 Å². The molecule has 2 aromatic carbocycles. The maximum Gasteiger partial charge on any atom is 0.261 e. The van der Waals surface area contributed by atoms with E-state index in [0.717, 1.165) is 11.3 Å². The zero-order valence-electron chi connectivity index (χ0n) is 15.0. The molecular weight excluding hydrogens is 318 g/mol. The molecular formula is C20H25NO4. The molecule has 0 heterocycles. The van der Waals surface area contributed by atoms with Gasteiger partial charge < -0.3 is 19.5 Å². The predicted molar refractivity (Wildman–Crippen MR) is 97.2 cm³/mol. The van der Waals surface area contributed by atoms with Crippen LogP contribution >= 0.6 is 0 Å². The number of hydrogen-bond acceptors (Lipinski definition) is 4. The lowest BCUT2D eigenvalue weighted by atomic mass is 10.2. The van der Waals surface area contributed by atoms with Crippen LogP contribution in [0.5, 0.6) is 17.2 Å². The van der Waals surface area contributed by atoms with Crippen molar-refractivity contribution in [2.75, 3.05) is 13.7 Å². The molecule has 0 aliphatic heterocycles. The van der Waals surface area contributed by atoms with Crippen molar-refractivity contribution in [1.82, 2.24) is 5.32 Å². The van der Waals surface area contributed by atoms with Crippen LogP contribution in [0.3, 0.4) is 0 Å². The third-order valence-corrected chi connectivity index (χ3v) is 3.73. The molecule has 0 aromatic heterocycles. The summed E-state index contributed by atoms with van der Waals surface area (Å²) in [6.45, 7) is 4.82. The normalized spacial score (nSPS) is 11.5. The number of amides is 1. The summed E-state index contributed by atoms with van der Waals surface area (Å²) in [7, 11) is 1.58. The maximum atomic E-state index is 12.5. The molecule has 0 saturated heterocycles. The van der Waals surface area contributed by atoms with Gasteiger partial charge in [0.2, 0.25) is 0 Å². The Labute approximate surface area is 148 Å². The van der Waals surface area contributed by atoms with Crippen molar-refractivity contribution in [3.05, 3.63) is 54.1 Å². The number of nitrogens with one attached hydrogen (secondary N) is 1. The van der Waals surface area contributed by atoms with Crippen LogP contribution in [0, 0.1) is 0 Å². The van der Waals surface area contributed by atoms with Crippen molar-refractivity contribution >= 4 is 5.91 Å². The van der Waals surface area contributed by atoms with Crippen LogP contribution in [0.15, 0.2) is 48.5 Å². The van der Waals surface area contributed by atoms with Crippen LogP contribution in [0.1, 0.15) is 25.8 Å². The third kappa shape index (κ3) is 5.14. The first-order valence-electron chi connectivity index (χ1n) is 8.47. The molecule has 0 bridgehead atoms. The standard InChI is InChI=1S/C20H25NO4/c1-4-16(25-19-13-9-8-12-18(19)23-3)20(22)21-14-15-10-6-7-11-17(15)24-5-2/h6-13,16H,4-5,14H2,1-3H3,(H,21,22)/t16-/m0/s1. The van der Waals surface area contributed by atoms with Gasteiger partial charge in [-0.3, -0.25) is 4.79 Å². The lowest BCUT2D eigenvalue weighted by molar-refractivity contribution is -0.128. The Bertz CT molecular complexity index is 687. The minimum atomic E-state index is -0.587. The van der Waals surface area contributed by atoms with E-state index in [-0.39, 0.29) is 5.91 Å². The molecule has 0 fully saturated rings. The van der Waals surface area contributed by atoms with E-state index in [4.69, 9.17) is 14.2 Å². The van der Waals surface area contributed by atoms with Crippen molar-refractivity contribution in [2.45, 2.75) is 32.9 Å². The number of carbonyl (C=O) groups is 1. The lowest BCUT2D eigenvalue weighted by Crippen LogP contribution is -2.37. The molecule has 0 saturated carbocycles. The highest BCUT2D eigenvalue weighted by atomic mass is 16.5. The van der Waals surface area contributed by atoms with Crippen LogP contribution < -0.4 is 19.5 Å². The first-order valence-corrected chi connectivity index (χ1v) is 8.47. The summed E-state index contributed by atoms with van der Waals surface area (Å²) in [5.41, 5.74) is 0.935. The number of methoxy groups -OCH3 is 1. The Kier molecular flexibility index (Phi) is 7.14. The largest absolute Gasteiger partial charge is 0.494 e. The van der Waals surface area contributed by atoms with Crippen molar-refractivity contribution in [1.29, 1.82) is 0 Å². The highest BCUT2D eigenvalue weighted by molar-refractivity contribution is 5.81. The maximum absolute atomic E-state index is 12.5. The Balaban J connectivity index is 2.01. The molecule has 5 nitrogen and oxygen atoms in total. The van der Waals surface area contributed by atoms with E-state index in [0.29, 0.717) is 31.1 Å². The number of benzene rings is 2. The summed E-state index contributed by atoms with van der Waals surface area (Å²) in [4.78, 5) is 12.5. The first kappa shape index (κ1) is 18.6. The fraction of sp³-hybridized carbons (Fsp3) is 0.350. The molecule has 1 amide bonds. The van der Waals surface area contributed by atoms with E-state index >= 15 is 0 Å². The van der Waals surface area contributed by atoms with Crippen LogP contribution in [-0.2, 0) is 11.3 Å². The Morgan fingerprint density at radius 3 is 2.28 bits per heavy atom. The second-order valence-corrected chi connectivity index (χ2v) is 5.42. The Hall–Kier alpha value is -2.69. The molecule has 0 aliphatic carbocycles. The topological polar surface area (TPSA) is 56.8 Å². The van der Waals surface area contributed by atoms with Gasteiger partial charge in [0.1, 0.15) is 5.75 Å². The molecule has 0 unspecified atom stereocenters. The average Bonchev–Trinajstić information content (AvgIpc) is 2.65. The SMILES string of the molecule is CCOc1ccccc1CNC(=O)[C@H](CC)Oc1ccccc1OC. The van der Waals surface area contributed by atoms with Crippen molar-refractivity contribution in [2.24, 2.45) is 0 Å². The van der Waals surface area contributed by atoms with Gasteiger partial charge in [-0.1, -0.05) is 37.3 Å². The van der Waals surface area contributed by atoms with Gasteiger partial charge in [0.15, 0.2) is 17.6 Å². The molecule has 0 spiro atoms. The van der Waals surface area contributed by atoms with Gasteiger partial charge in [0, 0.05) is 12.1 Å². The second kappa shape index (κ2) is 9.57. The molecule has 0 radical (unpaired) electrons. The Morgan fingerprint density at radius 2 is 1.64 bits per heavy atom. The van der Waals surface area contributed by atoms with Gasteiger partial charge in [-0.05, 0) is 31.5 Å². The third-order valence-electron chi connectivity index (χ3n) is 3.73. The highest BCUT2D eigenvalue weighted by Gasteiger charge is 2.20. The lowest BCUT2D eigenvalue weighted by Gasteiger charge is -2.19. The van der Waals surface area contributed by atoms with E-state index < -0.39 is 6.10 Å². The van der Waals surface area contributed by atoms with Gasteiger partial charge in [-0.25, -0.2) is 0 Å². The van der Waals surface area contributed by atoms with Crippen molar-refractivity contribution in [3.8, 4) is 17.2 Å². The first-order chi connectivity index (χ1) is 12.2. The minimum Gasteiger partial charge on any atom is -0.494 e. The quantitative estimate of drug-likeness (QED) is 0.756. The molecule has 1 atom stereocenters. The summed E-state index contributed by atoms with van der Waals surface area (Å²) < 4.78 is 16.7. The summed E-state index contributed by atoms with van der Waals surface area (Å²) in [5, 5.41) is 2.92. The van der Waals surface area contributed by atoms with Gasteiger partial charge in [0.25, 0.3) is 5.91 Å². The van der Waals surface area contributed by atoms with Crippen LogP contribution in [-0.4, -0.2) is 25.7 Å². The molecule has 0 aliphatic rings. The van der Waals surface area contributed by atoms with Crippen molar-refractivity contribution in [3.63, 3.8) is 0 Å². The second-order valence-electron chi connectivity index (χ2n) is 5.42. The molecule has 2 rings (SSSR count). The number of para-hydroxylation sites is 3. The van der Waals surface area contributed by atoms with Crippen LogP contribution in [0.25, 0.3) is 0 Å². The van der Waals surface area contributed by atoms with E-state index in [1.54, 1.807) is 19.2 Å². The number of ether oxygens (including phenoxy) is 3. The molecule has 25 heavy (non-hydrogen) atoms. The summed E-state index contributed by atoms with van der Waals surface area (Å²) in [6, 6.07) is 15.0. The molecule has 1 N–H and O–H groups in total.